The van der Waals surface area contributed by atoms with Gasteiger partial charge in [-0.2, -0.15) is 0 Å². The number of anilines is 1. The summed E-state index contributed by atoms with van der Waals surface area (Å²) in [7, 11) is 0. The van der Waals surface area contributed by atoms with Crippen LogP contribution in [0.5, 0.6) is 5.75 Å². The number of thioether (sulfide) groups is 1. The van der Waals surface area contributed by atoms with Gasteiger partial charge in [-0.3, -0.25) is 14.9 Å². The Kier molecular flexibility index (Phi) is 6.62. The standard InChI is InChI=1S/C16H15BrN2O4S/c1-2-23-12-5-8-14(15(9-12)19(21)22)18-16(20)10-24-13-6-3-11(17)4-7-13/h3-9H,2,10H2,1H3,(H,18,20). The zero-order valence-electron chi connectivity index (χ0n) is 12.8. The predicted octanol–water partition coefficient (Wildman–Crippen LogP) is 4.49. The van der Waals surface area contributed by atoms with Gasteiger partial charge in [-0.15, -0.1) is 11.8 Å². The van der Waals surface area contributed by atoms with E-state index in [2.05, 4.69) is 21.2 Å². The normalized spacial score (nSPS) is 10.2. The van der Waals surface area contributed by atoms with Gasteiger partial charge in [-0.25, -0.2) is 0 Å². The van der Waals surface area contributed by atoms with Gasteiger partial charge in [-0.05, 0) is 43.3 Å². The molecule has 0 unspecified atom stereocenters. The summed E-state index contributed by atoms with van der Waals surface area (Å²) < 4.78 is 6.21. The molecule has 0 aliphatic carbocycles. The largest absolute Gasteiger partial charge is 0.494 e. The first-order valence-corrected chi connectivity index (χ1v) is 8.87. The van der Waals surface area contributed by atoms with E-state index in [1.165, 1.54) is 23.9 Å². The number of amides is 1. The van der Waals surface area contributed by atoms with E-state index in [9.17, 15) is 14.9 Å². The molecule has 0 heterocycles. The first-order valence-electron chi connectivity index (χ1n) is 7.09. The van der Waals surface area contributed by atoms with Crippen molar-refractivity contribution in [3.63, 3.8) is 0 Å². The topological polar surface area (TPSA) is 81.5 Å². The molecule has 0 aliphatic heterocycles. The van der Waals surface area contributed by atoms with Crippen molar-refractivity contribution in [2.24, 2.45) is 0 Å². The summed E-state index contributed by atoms with van der Waals surface area (Å²) in [5.74, 6) is 0.244. The van der Waals surface area contributed by atoms with Crippen molar-refractivity contribution in [1.82, 2.24) is 0 Å². The lowest BCUT2D eigenvalue weighted by atomic mass is 10.2. The molecule has 1 N–H and O–H groups in total. The molecule has 2 rings (SSSR count). The first-order chi connectivity index (χ1) is 11.5. The summed E-state index contributed by atoms with van der Waals surface area (Å²) >= 11 is 4.70. The van der Waals surface area contributed by atoms with Gasteiger partial charge >= 0.3 is 0 Å². The van der Waals surface area contributed by atoms with Gasteiger partial charge in [0.2, 0.25) is 5.91 Å². The maximum Gasteiger partial charge on any atom is 0.296 e. The number of halogens is 1. The van der Waals surface area contributed by atoms with Crippen molar-refractivity contribution >= 4 is 45.0 Å². The van der Waals surface area contributed by atoms with Crippen LogP contribution in [0.15, 0.2) is 51.8 Å². The number of carbonyl (C=O) groups is 1. The fourth-order valence-electron chi connectivity index (χ4n) is 1.89. The molecule has 1 amide bonds. The number of nitro benzene ring substituents is 1. The molecular weight excluding hydrogens is 396 g/mol. The van der Waals surface area contributed by atoms with Crippen LogP contribution < -0.4 is 10.1 Å². The number of nitrogens with zero attached hydrogens (tertiary/aromatic N) is 1. The van der Waals surface area contributed by atoms with Crippen LogP contribution in [0.3, 0.4) is 0 Å². The highest BCUT2D eigenvalue weighted by molar-refractivity contribution is 9.10. The number of carbonyl (C=O) groups excluding carboxylic acids is 1. The van der Waals surface area contributed by atoms with Gasteiger partial charge < -0.3 is 10.1 Å². The number of ether oxygens (including phenoxy) is 1. The number of rotatable bonds is 7. The fraction of sp³-hybridized carbons (Fsp3) is 0.188. The second kappa shape index (κ2) is 8.70. The molecule has 2 aromatic carbocycles. The Morgan fingerprint density at radius 2 is 2.00 bits per heavy atom. The van der Waals surface area contributed by atoms with Gasteiger partial charge in [0.05, 0.1) is 23.3 Å². The summed E-state index contributed by atoms with van der Waals surface area (Å²) in [6.07, 6.45) is 0. The third kappa shape index (κ3) is 5.24. The lowest BCUT2D eigenvalue weighted by molar-refractivity contribution is -0.384. The fourth-order valence-corrected chi connectivity index (χ4v) is 2.85. The molecule has 0 saturated carbocycles. The monoisotopic (exact) mass is 410 g/mol. The van der Waals surface area contributed by atoms with Crippen molar-refractivity contribution < 1.29 is 14.5 Å². The van der Waals surface area contributed by atoms with Gasteiger partial charge in [0.1, 0.15) is 11.4 Å². The SMILES string of the molecule is CCOc1ccc(NC(=O)CSc2ccc(Br)cc2)c([N+](=O)[O-])c1. The minimum atomic E-state index is -0.542. The van der Waals surface area contributed by atoms with E-state index in [0.717, 1.165) is 9.37 Å². The molecule has 24 heavy (non-hydrogen) atoms. The maximum atomic E-state index is 12.0. The van der Waals surface area contributed by atoms with Crippen LogP contribution in [0.2, 0.25) is 0 Å². The third-order valence-electron chi connectivity index (χ3n) is 2.93. The number of hydrogen-bond acceptors (Lipinski definition) is 5. The zero-order valence-corrected chi connectivity index (χ0v) is 15.2. The average Bonchev–Trinajstić information content (AvgIpc) is 2.56. The van der Waals surface area contributed by atoms with Crippen LogP contribution in [0.4, 0.5) is 11.4 Å². The van der Waals surface area contributed by atoms with E-state index in [0.29, 0.717) is 12.4 Å². The summed E-state index contributed by atoms with van der Waals surface area (Å²) in [6, 6.07) is 11.9. The van der Waals surface area contributed by atoms with Gasteiger partial charge in [-0.1, -0.05) is 15.9 Å². The van der Waals surface area contributed by atoms with E-state index in [1.807, 2.05) is 24.3 Å². The average molecular weight is 411 g/mol. The summed E-state index contributed by atoms with van der Waals surface area (Å²) in [5, 5.41) is 13.7. The van der Waals surface area contributed by atoms with Crippen LogP contribution in [0.25, 0.3) is 0 Å². The Morgan fingerprint density at radius 1 is 1.29 bits per heavy atom. The molecular formula is C16H15BrN2O4S. The van der Waals surface area contributed by atoms with Crippen LogP contribution in [-0.4, -0.2) is 23.2 Å². The quantitative estimate of drug-likeness (QED) is 0.413. The smallest absolute Gasteiger partial charge is 0.296 e. The van der Waals surface area contributed by atoms with E-state index in [-0.39, 0.29) is 23.0 Å². The number of nitrogens with one attached hydrogen (secondary N) is 1. The molecule has 0 atom stereocenters. The number of benzene rings is 2. The lowest BCUT2D eigenvalue weighted by Crippen LogP contribution is -2.15. The lowest BCUT2D eigenvalue weighted by Gasteiger charge is -2.08. The Labute approximate surface area is 151 Å². The van der Waals surface area contributed by atoms with Crippen molar-refractivity contribution in [2.45, 2.75) is 11.8 Å². The maximum absolute atomic E-state index is 12.0. The predicted molar refractivity (Wildman–Crippen MR) is 97.8 cm³/mol. The highest BCUT2D eigenvalue weighted by Gasteiger charge is 2.17. The Morgan fingerprint density at radius 3 is 2.62 bits per heavy atom. The molecule has 0 fully saturated rings. The van der Waals surface area contributed by atoms with E-state index >= 15 is 0 Å². The Balaban J connectivity index is 2.02. The third-order valence-corrected chi connectivity index (χ3v) is 4.48. The molecule has 2 aromatic rings. The minimum absolute atomic E-state index is 0.157. The molecule has 126 valence electrons. The van der Waals surface area contributed by atoms with E-state index in [1.54, 1.807) is 13.0 Å². The van der Waals surface area contributed by atoms with Crippen LogP contribution in [-0.2, 0) is 4.79 Å². The Hall–Kier alpha value is -2.06. The van der Waals surface area contributed by atoms with Crippen LogP contribution >= 0.6 is 27.7 Å². The van der Waals surface area contributed by atoms with E-state index < -0.39 is 4.92 Å². The molecule has 6 nitrogen and oxygen atoms in total. The van der Waals surface area contributed by atoms with E-state index in [4.69, 9.17) is 4.74 Å². The summed E-state index contributed by atoms with van der Waals surface area (Å²) in [5.41, 5.74) is -0.0344. The number of nitro groups is 1. The molecule has 0 spiro atoms. The van der Waals surface area contributed by atoms with Crippen LogP contribution in [0, 0.1) is 10.1 Å². The van der Waals surface area contributed by atoms with Crippen molar-refractivity contribution in [3.8, 4) is 5.75 Å². The van der Waals surface area contributed by atoms with Crippen molar-refractivity contribution in [1.29, 1.82) is 0 Å². The van der Waals surface area contributed by atoms with Gasteiger partial charge in [0.25, 0.3) is 5.69 Å². The van der Waals surface area contributed by atoms with Gasteiger partial charge in [0, 0.05) is 9.37 Å². The highest BCUT2D eigenvalue weighted by Crippen LogP contribution is 2.29. The highest BCUT2D eigenvalue weighted by atomic mass is 79.9. The molecule has 0 aliphatic rings. The Bertz CT molecular complexity index is 737. The first kappa shape index (κ1) is 18.3. The van der Waals surface area contributed by atoms with Gasteiger partial charge in [0.15, 0.2) is 0 Å². The molecule has 0 radical (unpaired) electrons. The zero-order chi connectivity index (χ0) is 17.5. The summed E-state index contributed by atoms with van der Waals surface area (Å²) in [6.45, 7) is 2.20. The second-order valence-corrected chi connectivity index (χ2v) is 6.62. The summed E-state index contributed by atoms with van der Waals surface area (Å²) in [4.78, 5) is 23.6. The molecule has 0 bridgehead atoms. The minimum Gasteiger partial charge on any atom is -0.494 e. The second-order valence-electron chi connectivity index (χ2n) is 4.66. The van der Waals surface area contributed by atoms with Crippen molar-refractivity contribution in [2.75, 3.05) is 17.7 Å². The molecule has 0 saturated heterocycles. The molecule has 8 heteroatoms. The van der Waals surface area contributed by atoms with Crippen molar-refractivity contribution in [3.05, 3.63) is 57.1 Å². The number of hydrogen-bond donors (Lipinski definition) is 1. The van der Waals surface area contributed by atoms with Crippen LogP contribution in [0.1, 0.15) is 6.92 Å². The molecule has 0 aromatic heterocycles.